The number of carbonyl (C=O) groups is 1. The SMILES string of the molecule is CCC(NC(=O)c1ccoc1Cl)c1cccc(Cl)c1. The van der Waals surface area contributed by atoms with Gasteiger partial charge in [0.25, 0.3) is 5.91 Å². The van der Waals surface area contributed by atoms with Crippen LogP contribution in [-0.2, 0) is 0 Å². The van der Waals surface area contributed by atoms with E-state index in [4.69, 9.17) is 27.6 Å². The minimum absolute atomic E-state index is 0.0958. The highest BCUT2D eigenvalue weighted by Crippen LogP contribution is 2.22. The predicted molar refractivity (Wildman–Crippen MR) is 75.7 cm³/mol. The van der Waals surface area contributed by atoms with Crippen LogP contribution in [0.3, 0.4) is 0 Å². The summed E-state index contributed by atoms with van der Waals surface area (Å²) in [7, 11) is 0. The molecule has 0 aliphatic carbocycles. The first-order valence-corrected chi connectivity index (χ1v) is 6.66. The Morgan fingerprint density at radius 3 is 2.74 bits per heavy atom. The number of amides is 1. The zero-order chi connectivity index (χ0) is 13.8. The summed E-state index contributed by atoms with van der Waals surface area (Å²) in [4.78, 5) is 12.1. The minimum atomic E-state index is -0.259. The van der Waals surface area contributed by atoms with Crippen molar-refractivity contribution in [2.24, 2.45) is 0 Å². The van der Waals surface area contributed by atoms with Gasteiger partial charge in [-0.1, -0.05) is 30.7 Å². The predicted octanol–water partition coefficient (Wildman–Crippen LogP) is 4.47. The van der Waals surface area contributed by atoms with Gasteiger partial charge < -0.3 is 9.73 Å². The Hall–Kier alpha value is -1.45. The fraction of sp³-hybridized carbons (Fsp3) is 0.214. The van der Waals surface area contributed by atoms with Crippen molar-refractivity contribution in [3.05, 3.63) is 58.0 Å². The highest BCUT2D eigenvalue weighted by atomic mass is 35.5. The van der Waals surface area contributed by atoms with Crippen LogP contribution >= 0.6 is 23.2 Å². The van der Waals surface area contributed by atoms with E-state index in [0.29, 0.717) is 10.6 Å². The molecule has 2 aromatic rings. The van der Waals surface area contributed by atoms with Crippen molar-refractivity contribution in [2.45, 2.75) is 19.4 Å². The molecule has 1 N–H and O–H groups in total. The fourth-order valence-electron chi connectivity index (χ4n) is 1.84. The Balaban J connectivity index is 2.16. The maximum absolute atomic E-state index is 12.1. The molecule has 1 aromatic carbocycles. The summed E-state index contributed by atoms with van der Waals surface area (Å²) in [6.45, 7) is 1.99. The van der Waals surface area contributed by atoms with Gasteiger partial charge in [0.1, 0.15) is 0 Å². The quantitative estimate of drug-likeness (QED) is 0.905. The Morgan fingerprint density at radius 1 is 1.37 bits per heavy atom. The van der Waals surface area contributed by atoms with Gasteiger partial charge in [-0.05, 0) is 41.8 Å². The molecule has 0 spiro atoms. The van der Waals surface area contributed by atoms with Crippen LogP contribution in [0.4, 0.5) is 0 Å². The lowest BCUT2D eigenvalue weighted by Gasteiger charge is -2.17. The average molecular weight is 298 g/mol. The van der Waals surface area contributed by atoms with Gasteiger partial charge in [-0.2, -0.15) is 0 Å². The van der Waals surface area contributed by atoms with Gasteiger partial charge in [0.2, 0.25) is 5.22 Å². The van der Waals surface area contributed by atoms with Crippen molar-refractivity contribution in [1.82, 2.24) is 5.32 Å². The van der Waals surface area contributed by atoms with Crippen LogP contribution in [0.25, 0.3) is 0 Å². The molecule has 0 saturated heterocycles. The van der Waals surface area contributed by atoms with Gasteiger partial charge in [-0.25, -0.2) is 0 Å². The van der Waals surface area contributed by atoms with E-state index in [1.807, 2.05) is 25.1 Å². The van der Waals surface area contributed by atoms with E-state index >= 15 is 0 Å². The summed E-state index contributed by atoms with van der Waals surface area (Å²) in [6.07, 6.45) is 2.14. The van der Waals surface area contributed by atoms with Gasteiger partial charge in [0.05, 0.1) is 17.9 Å². The van der Waals surface area contributed by atoms with Gasteiger partial charge in [0.15, 0.2) is 0 Å². The van der Waals surface area contributed by atoms with E-state index in [1.54, 1.807) is 12.1 Å². The first-order valence-electron chi connectivity index (χ1n) is 5.91. The van der Waals surface area contributed by atoms with Gasteiger partial charge in [-0.3, -0.25) is 4.79 Å². The molecule has 1 unspecified atom stereocenters. The molecule has 19 heavy (non-hydrogen) atoms. The summed E-state index contributed by atoms with van der Waals surface area (Å²) in [5.74, 6) is -0.259. The summed E-state index contributed by atoms with van der Waals surface area (Å²) in [5.41, 5.74) is 1.30. The highest BCUT2D eigenvalue weighted by Gasteiger charge is 2.17. The standard InChI is InChI=1S/C14H13Cl2NO2/c1-2-12(9-4-3-5-10(15)8-9)17-14(18)11-6-7-19-13(11)16/h3-8,12H,2H2,1H3,(H,17,18). The van der Waals surface area contributed by atoms with Gasteiger partial charge >= 0.3 is 0 Å². The number of halogens is 2. The maximum Gasteiger partial charge on any atom is 0.256 e. The molecule has 1 aromatic heterocycles. The molecule has 5 heteroatoms. The topological polar surface area (TPSA) is 42.2 Å². The molecule has 0 aliphatic rings. The smallest absolute Gasteiger partial charge is 0.256 e. The van der Waals surface area contributed by atoms with Crippen LogP contribution < -0.4 is 5.32 Å². The van der Waals surface area contributed by atoms with Crippen molar-refractivity contribution in [1.29, 1.82) is 0 Å². The zero-order valence-electron chi connectivity index (χ0n) is 10.3. The number of hydrogen-bond donors (Lipinski definition) is 1. The van der Waals surface area contributed by atoms with E-state index in [9.17, 15) is 4.79 Å². The first kappa shape index (κ1) is 14.0. The third-order valence-electron chi connectivity index (χ3n) is 2.83. The summed E-state index contributed by atoms with van der Waals surface area (Å²) in [6, 6.07) is 8.86. The van der Waals surface area contributed by atoms with E-state index in [-0.39, 0.29) is 17.2 Å². The Morgan fingerprint density at radius 2 is 2.16 bits per heavy atom. The van der Waals surface area contributed by atoms with E-state index < -0.39 is 0 Å². The second-order valence-corrected chi connectivity index (χ2v) is 4.88. The number of benzene rings is 1. The van der Waals surface area contributed by atoms with Crippen LogP contribution in [0.2, 0.25) is 10.2 Å². The van der Waals surface area contributed by atoms with Crippen LogP contribution in [-0.4, -0.2) is 5.91 Å². The zero-order valence-corrected chi connectivity index (χ0v) is 11.8. The van der Waals surface area contributed by atoms with Crippen molar-refractivity contribution in [3.63, 3.8) is 0 Å². The number of carbonyl (C=O) groups excluding carboxylic acids is 1. The van der Waals surface area contributed by atoms with Gasteiger partial charge in [-0.15, -0.1) is 0 Å². The molecule has 3 nitrogen and oxygen atoms in total. The molecule has 1 atom stereocenters. The highest BCUT2D eigenvalue weighted by molar-refractivity contribution is 6.32. The lowest BCUT2D eigenvalue weighted by molar-refractivity contribution is 0.0935. The second-order valence-electron chi connectivity index (χ2n) is 4.10. The van der Waals surface area contributed by atoms with Crippen molar-refractivity contribution in [3.8, 4) is 0 Å². The van der Waals surface area contributed by atoms with Gasteiger partial charge in [0, 0.05) is 5.02 Å². The molecule has 2 rings (SSSR count). The summed E-state index contributed by atoms with van der Waals surface area (Å²) in [5, 5.41) is 3.65. The summed E-state index contributed by atoms with van der Waals surface area (Å²) < 4.78 is 4.91. The molecule has 1 amide bonds. The fourth-order valence-corrected chi connectivity index (χ4v) is 2.24. The normalized spacial score (nSPS) is 12.2. The van der Waals surface area contributed by atoms with Crippen molar-refractivity contribution < 1.29 is 9.21 Å². The molecule has 0 fully saturated rings. The summed E-state index contributed by atoms with van der Waals surface area (Å²) >= 11 is 11.7. The molecular weight excluding hydrogens is 285 g/mol. The molecule has 0 aliphatic heterocycles. The first-order chi connectivity index (χ1) is 9.11. The monoisotopic (exact) mass is 297 g/mol. The Bertz CT molecular complexity index is 580. The third kappa shape index (κ3) is 3.31. The number of furan rings is 1. The number of rotatable bonds is 4. The van der Waals surface area contributed by atoms with Crippen LogP contribution in [0.5, 0.6) is 0 Å². The van der Waals surface area contributed by atoms with E-state index in [2.05, 4.69) is 5.32 Å². The average Bonchev–Trinajstić information content (AvgIpc) is 2.82. The lowest BCUT2D eigenvalue weighted by Crippen LogP contribution is -2.28. The molecule has 0 bridgehead atoms. The minimum Gasteiger partial charge on any atom is -0.452 e. The van der Waals surface area contributed by atoms with Crippen LogP contribution in [0, 0.1) is 0 Å². The maximum atomic E-state index is 12.1. The largest absolute Gasteiger partial charge is 0.452 e. The molecular formula is C14H13Cl2NO2. The molecule has 1 heterocycles. The molecule has 0 saturated carbocycles. The van der Waals surface area contributed by atoms with E-state index in [1.165, 1.54) is 6.26 Å². The van der Waals surface area contributed by atoms with Crippen molar-refractivity contribution in [2.75, 3.05) is 0 Å². The number of nitrogens with one attached hydrogen (secondary N) is 1. The van der Waals surface area contributed by atoms with Crippen LogP contribution in [0.1, 0.15) is 35.3 Å². The molecule has 0 radical (unpaired) electrons. The van der Waals surface area contributed by atoms with E-state index in [0.717, 1.165) is 12.0 Å². The Kier molecular flexibility index (Phi) is 4.51. The lowest BCUT2D eigenvalue weighted by atomic mass is 10.0. The number of hydrogen-bond acceptors (Lipinski definition) is 2. The second kappa shape index (κ2) is 6.13. The molecule has 100 valence electrons. The van der Waals surface area contributed by atoms with Crippen LogP contribution in [0.15, 0.2) is 41.0 Å². The third-order valence-corrected chi connectivity index (χ3v) is 3.36. The Labute approximate surface area is 121 Å². The van der Waals surface area contributed by atoms with Crippen molar-refractivity contribution >= 4 is 29.1 Å².